The van der Waals surface area contributed by atoms with Crippen LogP contribution in [0.2, 0.25) is 0 Å². The molecule has 1 rings (SSSR count). The van der Waals surface area contributed by atoms with Gasteiger partial charge in [-0.15, -0.1) is 11.8 Å². The normalized spacial score (nSPS) is 9.54. The molecule has 13 heavy (non-hydrogen) atoms. The van der Waals surface area contributed by atoms with Gasteiger partial charge in [0.1, 0.15) is 6.07 Å². The molecule has 1 heterocycles. The van der Waals surface area contributed by atoms with Crippen molar-refractivity contribution in [3.63, 3.8) is 0 Å². The van der Waals surface area contributed by atoms with Crippen LogP contribution < -0.4 is 0 Å². The van der Waals surface area contributed by atoms with Crippen LogP contribution in [-0.4, -0.2) is 24.5 Å². The summed E-state index contributed by atoms with van der Waals surface area (Å²) in [5.41, 5.74) is 0.489. The van der Waals surface area contributed by atoms with Crippen molar-refractivity contribution in [3.05, 3.63) is 24.0 Å². The van der Waals surface area contributed by atoms with Crippen LogP contribution in [0.5, 0.6) is 0 Å². The summed E-state index contributed by atoms with van der Waals surface area (Å²) >= 11 is 1.59. The zero-order valence-corrected chi connectivity index (χ0v) is 8.17. The summed E-state index contributed by atoms with van der Waals surface area (Å²) in [5.74, 6) is 0.844. The van der Waals surface area contributed by atoms with Crippen molar-refractivity contribution >= 4 is 11.8 Å². The highest BCUT2D eigenvalue weighted by molar-refractivity contribution is 7.99. The van der Waals surface area contributed by atoms with E-state index in [2.05, 4.69) is 4.98 Å². The number of nitrogens with zero attached hydrogens (tertiary/aromatic N) is 2. The van der Waals surface area contributed by atoms with Crippen molar-refractivity contribution in [2.45, 2.75) is 4.90 Å². The maximum absolute atomic E-state index is 8.72. The number of nitriles is 1. The molecule has 0 spiro atoms. The molecule has 0 fully saturated rings. The molecule has 0 saturated heterocycles. The molecule has 0 aliphatic rings. The number of hydrogen-bond acceptors (Lipinski definition) is 4. The first kappa shape index (κ1) is 10.0. The van der Waals surface area contributed by atoms with Gasteiger partial charge >= 0.3 is 0 Å². The number of thioether (sulfide) groups is 1. The summed E-state index contributed by atoms with van der Waals surface area (Å²) < 4.78 is 4.91. The van der Waals surface area contributed by atoms with E-state index in [0.29, 0.717) is 12.3 Å². The van der Waals surface area contributed by atoms with Crippen molar-refractivity contribution in [1.82, 2.24) is 4.98 Å². The SMILES string of the molecule is COCCSc1cccnc1C#N. The molecule has 0 unspecified atom stereocenters. The van der Waals surface area contributed by atoms with Crippen molar-refractivity contribution < 1.29 is 4.74 Å². The van der Waals surface area contributed by atoms with E-state index >= 15 is 0 Å². The van der Waals surface area contributed by atoms with Crippen LogP contribution in [0, 0.1) is 11.3 Å². The second-order valence-corrected chi connectivity index (χ2v) is 3.44. The fraction of sp³-hybridized carbons (Fsp3) is 0.333. The summed E-state index contributed by atoms with van der Waals surface area (Å²) in [5, 5.41) is 8.72. The molecule has 0 aliphatic carbocycles. The molecule has 4 heteroatoms. The Balaban J connectivity index is 2.60. The van der Waals surface area contributed by atoms with E-state index in [1.54, 1.807) is 25.1 Å². The largest absolute Gasteiger partial charge is 0.384 e. The summed E-state index contributed by atoms with van der Waals surface area (Å²) in [7, 11) is 1.66. The Hall–Kier alpha value is -1.05. The first-order chi connectivity index (χ1) is 6.38. The van der Waals surface area contributed by atoms with Crippen molar-refractivity contribution in [2.75, 3.05) is 19.5 Å². The second-order valence-electron chi connectivity index (χ2n) is 2.30. The van der Waals surface area contributed by atoms with Gasteiger partial charge in [0, 0.05) is 24.0 Å². The highest BCUT2D eigenvalue weighted by atomic mass is 32.2. The molecule has 0 atom stereocenters. The highest BCUT2D eigenvalue weighted by Gasteiger charge is 2.01. The van der Waals surface area contributed by atoms with E-state index in [1.165, 1.54) is 0 Å². The molecule has 0 radical (unpaired) electrons. The van der Waals surface area contributed by atoms with Crippen LogP contribution in [0.25, 0.3) is 0 Å². The lowest BCUT2D eigenvalue weighted by atomic mass is 10.4. The van der Waals surface area contributed by atoms with Crippen LogP contribution in [0.15, 0.2) is 23.2 Å². The van der Waals surface area contributed by atoms with Crippen LogP contribution in [0.3, 0.4) is 0 Å². The van der Waals surface area contributed by atoms with E-state index in [0.717, 1.165) is 10.6 Å². The summed E-state index contributed by atoms with van der Waals surface area (Å²) in [6.07, 6.45) is 1.62. The Morgan fingerprint density at radius 2 is 2.54 bits per heavy atom. The number of ether oxygens (including phenoxy) is 1. The number of pyridine rings is 1. The van der Waals surface area contributed by atoms with Crippen LogP contribution in [0.1, 0.15) is 5.69 Å². The lowest BCUT2D eigenvalue weighted by Gasteiger charge is -2.01. The predicted octanol–water partition coefficient (Wildman–Crippen LogP) is 1.69. The third-order valence-electron chi connectivity index (χ3n) is 1.42. The van der Waals surface area contributed by atoms with Gasteiger partial charge < -0.3 is 4.74 Å². The Morgan fingerprint density at radius 3 is 3.23 bits per heavy atom. The standard InChI is InChI=1S/C9H10N2OS/c1-12-5-6-13-9-3-2-4-11-8(9)7-10/h2-4H,5-6H2,1H3. The van der Waals surface area contributed by atoms with Crippen LogP contribution in [-0.2, 0) is 4.74 Å². The van der Waals surface area contributed by atoms with Crippen molar-refractivity contribution in [2.24, 2.45) is 0 Å². The van der Waals surface area contributed by atoms with Gasteiger partial charge in [-0.25, -0.2) is 4.98 Å². The van der Waals surface area contributed by atoms with E-state index in [-0.39, 0.29) is 0 Å². The van der Waals surface area contributed by atoms with E-state index in [1.807, 2.05) is 18.2 Å². The molecule has 68 valence electrons. The average Bonchev–Trinajstić information content (AvgIpc) is 2.19. The van der Waals surface area contributed by atoms with Crippen molar-refractivity contribution in [3.8, 4) is 6.07 Å². The Bertz CT molecular complexity index is 309. The molecular weight excluding hydrogens is 184 g/mol. The molecule has 0 N–H and O–H groups in total. The second kappa shape index (κ2) is 5.57. The van der Waals surface area contributed by atoms with Crippen molar-refractivity contribution in [1.29, 1.82) is 5.26 Å². The lowest BCUT2D eigenvalue weighted by Crippen LogP contribution is -1.93. The number of rotatable bonds is 4. The van der Waals surface area contributed by atoms with Gasteiger partial charge in [-0.2, -0.15) is 5.26 Å². The third kappa shape index (κ3) is 3.05. The van der Waals surface area contributed by atoms with E-state index in [4.69, 9.17) is 10.00 Å². The predicted molar refractivity (Wildman–Crippen MR) is 51.6 cm³/mol. The van der Waals surface area contributed by atoms with Crippen LogP contribution in [0.4, 0.5) is 0 Å². The average molecular weight is 194 g/mol. The minimum atomic E-state index is 0.489. The number of hydrogen-bond donors (Lipinski definition) is 0. The Morgan fingerprint density at radius 1 is 1.69 bits per heavy atom. The lowest BCUT2D eigenvalue weighted by molar-refractivity contribution is 0.218. The smallest absolute Gasteiger partial charge is 0.153 e. The Kier molecular flexibility index (Phi) is 4.30. The first-order valence-corrected chi connectivity index (χ1v) is 4.84. The molecule has 3 nitrogen and oxygen atoms in total. The van der Waals surface area contributed by atoms with Gasteiger partial charge in [-0.3, -0.25) is 0 Å². The topological polar surface area (TPSA) is 45.9 Å². The van der Waals surface area contributed by atoms with Gasteiger partial charge in [0.15, 0.2) is 5.69 Å². The first-order valence-electron chi connectivity index (χ1n) is 3.85. The zero-order valence-electron chi connectivity index (χ0n) is 7.36. The van der Waals surface area contributed by atoms with Gasteiger partial charge in [-0.1, -0.05) is 0 Å². The molecule has 0 amide bonds. The third-order valence-corrected chi connectivity index (χ3v) is 2.43. The van der Waals surface area contributed by atoms with Gasteiger partial charge in [0.05, 0.1) is 6.61 Å². The number of methoxy groups -OCH3 is 1. The molecule has 1 aromatic heterocycles. The van der Waals surface area contributed by atoms with Crippen LogP contribution >= 0.6 is 11.8 Å². The van der Waals surface area contributed by atoms with Gasteiger partial charge in [0.2, 0.25) is 0 Å². The number of aromatic nitrogens is 1. The highest BCUT2D eigenvalue weighted by Crippen LogP contribution is 2.19. The quantitative estimate of drug-likeness (QED) is 0.540. The molecular formula is C9H10N2OS. The monoisotopic (exact) mass is 194 g/mol. The summed E-state index contributed by atoms with van der Waals surface area (Å²) in [6.45, 7) is 0.685. The Labute approximate surface area is 81.7 Å². The van der Waals surface area contributed by atoms with Gasteiger partial charge in [-0.05, 0) is 12.1 Å². The summed E-state index contributed by atoms with van der Waals surface area (Å²) in [6, 6.07) is 5.77. The maximum Gasteiger partial charge on any atom is 0.153 e. The summed E-state index contributed by atoms with van der Waals surface area (Å²) in [4.78, 5) is 4.87. The minimum absolute atomic E-state index is 0.489. The molecule has 0 aliphatic heterocycles. The zero-order chi connectivity index (χ0) is 9.52. The molecule has 0 saturated carbocycles. The van der Waals surface area contributed by atoms with E-state index < -0.39 is 0 Å². The maximum atomic E-state index is 8.72. The fourth-order valence-electron chi connectivity index (χ4n) is 0.826. The molecule has 1 aromatic rings. The molecule has 0 bridgehead atoms. The van der Waals surface area contributed by atoms with E-state index in [9.17, 15) is 0 Å². The molecule has 0 aromatic carbocycles. The fourth-order valence-corrected chi connectivity index (χ4v) is 1.71. The minimum Gasteiger partial charge on any atom is -0.384 e. The van der Waals surface area contributed by atoms with Gasteiger partial charge in [0.25, 0.3) is 0 Å².